The van der Waals surface area contributed by atoms with E-state index in [1.54, 1.807) is 6.07 Å². The summed E-state index contributed by atoms with van der Waals surface area (Å²) in [5, 5.41) is 1.09. The predicted molar refractivity (Wildman–Crippen MR) is 87.4 cm³/mol. The SMILES string of the molecule is Cc1ccc(C=CS(=O)(=O)NNc2nc(C)cc(C)n2)cc1. The first-order valence-electron chi connectivity index (χ1n) is 6.69. The maximum absolute atomic E-state index is 11.9. The number of hydrazine groups is 1. The van der Waals surface area contributed by atoms with Gasteiger partial charge in [0.25, 0.3) is 10.0 Å². The molecule has 1 heterocycles. The molecule has 0 saturated heterocycles. The fourth-order valence-electron chi connectivity index (χ4n) is 1.78. The van der Waals surface area contributed by atoms with Crippen molar-refractivity contribution in [3.05, 3.63) is 58.3 Å². The Morgan fingerprint density at radius 1 is 1.00 bits per heavy atom. The van der Waals surface area contributed by atoms with E-state index in [-0.39, 0.29) is 5.95 Å². The van der Waals surface area contributed by atoms with Gasteiger partial charge in [0.15, 0.2) is 0 Å². The molecule has 0 saturated carbocycles. The number of sulfonamides is 1. The van der Waals surface area contributed by atoms with E-state index in [0.29, 0.717) is 0 Å². The molecule has 1 aromatic carbocycles. The molecule has 0 aliphatic carbocycles. The number of aromatic nitrogens is 2. The summed E-state index contributed by atoms with van der Waals surface area (Å²) in [5.74, 6) is 0.213. The Morgan fingerprint density at radius 3 is 2.18 bits per heavy atom. The van der Waals surface area contributed by atoms with Gasteiger partial charge >= 0.3 is 0 Å². The fraction of sp³-hybridized carbons (Fsp3) is 0.200. The first kappa shape index (κ1) is 16.1. The first-order chi connectivity index (χ1) is 10.3. The number of nitrogens with one attached hydrogen (secondary N) is 2. The Bertz CT molecular complexity index is 763. The third-order valence-corrected chi connectivity index (χ3v) is 3.69. The quantitative estimate of drug-likeness (QED) is 0.827. The molecule has 22 heavy (non-hydrogen) atoms. The van der Waals surface area contributed by atoms with Gasteiger partial charge in [-0.25, -0.2) is 18.4 Å². The summed E-state index contributed by atoms with van der Waals surface area (Å²) >= 11 is 0. The normalized spacial score (nSPS) is 11.8. The Hall–Kier alpha value is -2.25. The molecule has 0 aliphatic heterocycles. The molecule has 0 amide bonds. The largest absolute Gasteiger partial charge is 0.276 e. The van der Waals surface area contributed by atoms with E-state index in [0.717, 1.165) is 27.9 Å². The number of hydrogen-bond acceptors (Lipinski definition) is 5. The van der Waals surface area contributed by atoms with E-state index >= 15 is 0 Å². The van der Waals surface area contributed by atoms with Crippen molar-refractivity contribution >= 4 is 22.0 Å². The molecule has 7 heteroatoms. The molecular formula is C15H18N4O2S. The summed E-state index contributed by atoms with van der Waals surface area (Å²) in [6.07, 6.45) is 1.52. The van der Waals surface area contributed by atoms with Crippen molar-refractivity contribution in [2.24, 2.45) is 0 Å². The third-order valence-electron chi connectivity index (χ3n) is 2.80. The zero-order valence-corrected chi connectivity index (χ0v) is 13.5. The van der Waals surface area contributed by atoms with E-state index in [1.165, 1.54) is 6.08 Å². The summed E-state index contributed by atoms with van der Waals surface area (Å²) in [6.45, 7) is 5.59. The van der Waals surface area contributed by atoms with E-state index in [1.807, 2.05) is 45.0 Å². The lowest BCUT2D eigenvalue weighted by Crippen LogP contribution is -2.28. The molecule has 116 valence electrons. The lowest BCUT2D eigenvalue weighted by Gasteiger charge is -2.06. The summed E-state index contributed by atoms with van der Waals surface area (Å²) in [6, 6.07) is 9.34. The van der Waals surface area contributed by atoms with Crippen LogP contribution in [0.4, 0.5) is 5.95 Å². The second-order valence-electron chi connectivity index (χ2n) is 4.96. The number of aryl methyl sites for hydroxylation is 3. The highest BCUT2D eigenvalue weighted by atomic mass is 32.2. The number of rotatable bonds is 5. The standard InChI is InChI=1S/C15H18N4O2S/c1-11-4-6-14(7-5-11)8-9-22(20,21)19-18-15-16-12(2)10-13(3)17-15/h4-10,19H,1-3H3,(H,16,17,18). The topological polar surface area (TPSA) is 84.0 Å². The molecule has 0 fully saturated rings. The summed E-state index contributed by atoms with van der Waals surface area (Å²) < 4.78 is 23.8. The highest BCUT2D eigenvalue weighted by Crippen LogP contribution is 2.06. The van der Waals surface area contributed by atoms with Crippen LogP contribution in [0.5, 0.6) is 0 Å². The molecule has 0 spiro atoms. The second-order valence-corrected chi connectivity index (χ2v) is 6.53. The van der Waals surface area contributed by atoms with Crippen molar-refractivity contribution in [1.29, 1.82) is 0 Å². The molecule has 0 atom stereocenters. The van der Waals surface area contributed by atoms with Crippen LogP contribution in [0.2, 0.25) is 0 Å². The maximum atomic E-state index is 11.9. The minimum atomic E-state index is -3.64. The molecule has 1 aromatic heterocycles. The van der Waals surface area contributed by atoms with Gasteiger partial charge < -0.3 is 0 Å². The first-order valence-corrected chi connectivity index (χ1v) is 8.23. The number of nitrogens with zero attached hydrogens (tertiary/aromatic N) is 2. The van der Waals surface area contributed by atoms with E-state index in [9.17, 15) is 8.42 Å². The van der Waals surface area contributed by atoms with Crippen molar-refractivity contribution in [1.82, 2.24) is 14.8 Å². The van der Waals surface area contributed by atoms with Crippen LogP contribution in [0.3, 0.4) is 0 Å². The minimum absolute atomic E-state index is 0.213. The Labute approximate surface area is 130 Å². The smallest absolute Gasteiger partial charge is 0.250 e. The van der Waals surface area contributed by atoms with Crippen molar-refractivity contribution < 1.29 is 8.42 Å². The van der Waals surface area contributed by atoms with Crippen LogP contribution < -0.4 is 10.3 Å². The molecule has 6 nitrogen and oxygen atoms in total. The van der Waals surface area contributed by atoms with Crippen molar-refractivity contribution in [3.63, 3.8) is 0 Å². The zero-order valence-electron chi connectivity index (χ0n) is 12.7. The van der Waals surface area contributed by atoms with Crippen LogP contribution in [0, 0.1) is 20.8 Å². The van der Waals surface area contributed by atoms with E-state index in [4.69, 9.17) is 0 Å². The molecule has 0 bridgehead atoms. The Balaban J connectivity index is 2.03. The minimum Gasteiger partial charge on any atom is -0.276 e. The zero-order chi connectivity index (χ0) is 16.2. The van der Waals surface area contributed by atoms with Crippen LogP contribution >= 0.6 is 0 Å². The lowest BCUT2D eigenvalue weighted by molar-refractivity contribution is 0.596. The van der Waals surface area contributed by atoms with Crippen LogP contribution in [0.25, 0.3) is 6.08 Å². The van der Waals surface area contributed by atoms with Crippen LogP contribution in [0.15, 0.2) is 35.7 Å². The van der Waals surface area contributed by atoms with Crippen LogP contribution in [-0.2, 0) is 10.0 Å². The number of anilines is 1. The van der Waals surface area contributed by atoms with Gasteiger partial charge in [0.2, 0.25) is 5.95 Å². The average molecular weight is 318 g/mol. The highest BCUT2D eigenvalue weighted by molar-refractivity contribution is 7.92. The fourth-order valence-corrected chi connectivity index (χ4v) is 2.42. The van der Waals surface area contributed by atoms with Crippen molar-refractivity contribution in [3.8, 4) is 0 Å². The lowest BCUT2D eigenvalue weighted by atomic mass is 10.2. The summed E-state index contributed by atoms with van der Waals surface area (Å²) in [7, 11) is -3.64. The van der Waals surface area contributed by atoms with Gasteiger partial charge in [-0.1, -0.05) is 29.8 Å². The van der Waals surface area contributed by atoms with Crippen LogP contribution in [0.1, 0.15) is 22.5 Å². The van der Waals surface area contributed by atoms with Gasteiger partial charge in [-0.15, -0.1) is 4.83 Å². The van der Waals surface area contributed by atoms with Gasteiger partial charge in [-0.2, -0.15) is 0 Å². The number of hydrogen-bond donors (Lipinski definition) is 2. The molecular weight excluding hydrogens is 300 g/mol. The van der Waals surface area contributed by atoms with Gasteiger partial charge in [0.1, 0.15) is 0 Å². The monoisotopic (exact) mass is 318 g/mol. The highest BCUT2D eigenvalue weighted by Gasteiger charge is 2.06. The molecule has 2 N–H and O–H groups in total. The van der Waals surface area contributed by atoms with Gasteiger partial charge in [0.05, 0.1) is 0 Å². The predicted octanol–water partition coefficient (Wildman–Crippen LogP) is 2.32. The van der Waals surface area contributed by atoms with Crippen LogP contribution in [-0.4, -0.2) is 18.4 Å². The summed E-state index contributed by atoms with van der Waals surface area (Å²) in [5.41, 5.74) is 5.93. The summed E-state index contributed by atoms with van der Waals surface area (Å²) in [4.78, 5) is 10.4. The van der Waals surface area contributed by atoms with Gasteiger partial charge in [-0.05, 0) is 38.5 Å². The second kappa shape index (κ2) is 6.67. The number of benzene rings is 1. The molecule has 2 rings (SSSR count). The molecule has 2 aromatic rings. The van der Waals surface area contributed by atoms with Gasteiger partial charge in [-0.3, -0.25) is 5.43 Å². The van der Waals surface area contributed by atoms with E-state index in [2.05, 4.69) is 20.2 Å². The third kappa shape index (κ3) is 4.94. The van der Waals surface area contributed by atoms with Gasteiger partial charge in [0, 0.05) is 16.8 Å². The maximum Gasteiger partial charge on any atom is 0.250 e. The average Bonchev–Trinajstić information content (AvgIpc) is 2.44. The Morgan fingerprint density at radius 2 is 1.59 bits per heavy atom. The van der Waals surface area contributed by atoms with Crippen molar-refractivity contribution in [2.75, 3.05) is 5.43 Å². The molecule has 0 unspecified atom stereocenters. The Kier molecular flexibility index (Phi) is 4.89. The molecule has 0 radical (unpaired) electrons. The van der Waals surface area contributed by atoms with E-state index < -0.39 is 10.0 Å². The molecule has 0 aliphatic rings. The van der Waals surface area contributed by atoms with Crippen molar-refractivity contribution in [2.45, 2.75) is 20.8 Å².